The van der Waals surface area contributed by atoms with Crippen LogP contribution in [0.3, 0.4) is 0 Å². The molecule has 0 radical (unpaired) electrons. The van der Waals surface area contributed by atoms with Crippen molar-refractivity contribution in [1.82, 2.24) is 0 Å². The molecule has 2 nitrogen and oxygen atoms in total. The van der Waals surface area contributed by atoms with Crippen LogP contribution < -0.4 is 0 Å². The number of carbonyl (C=O) groups excluding carboxylic acids is 1. The Labute approximate surface area is 114 Å². The zero-order valence-electron chi connectivity index (χ0n) is 11.4. The number of ketones is 1. The SMILES string of the molecule is CC(=O)c1ccc(C/C=C/CC2=CCOCC2)cc1. The van der Waals surface area contributed by atoms with E-state index in [1.807, 2.05) is 24.3 Å². The van der Waals surface area contributed by atoms with Crippen molar-refractivity contribution in [3.63, 3.8) is 0 Å². The number of Topliss-reactive ketones (excluding diaryl/α,β-unsaturated/α-hetero) is 1. The summed E-state index contributed by atoms with van der Waals surface area (Å²) in [5.74, 6) is 0.119. The molecular formula is C17H20O2. The van der Waals surface area contributed by atoms with Crippen LogP contribution in [0.2, 0.25) is 0 Å². The average Bonchev–Trinajstić information content (AvgIpc) is 2.45. The first kappa shape index (κ1) is 13.8. The van der Waals surface area contributed by atoms with E-state index in [1.165, 1.54) is 11.1 Å². The zero-order chi connectivity index (χ0) is 13.5. The van der Waals surface area contributed by atoms with Crippen molar-refractivity contribution in [3.05, 3.63) is 59.2 Å². The third-order valence-corrected chi connectivity index (χ3v) is 3.32. The van der Waals surface area contributed by atoms with Crippen molar-refractivity contribution in [1.29, 1.82) is 0 Å². The average molecular weight is 256 g/mol. The summed E-state index contributed by atoms with van der Waals surface area (Å²) >= 11 is 0. The van der Waals surface area contributed by atoms with Gasteiger partial charge in [-0.1, -0.05) is 48.1 Å². The highest BCUT2D eigenvalue weighted by atomic mass is 16.5. The van der Waals surface area contributed by atoms with Crippen molar-refractivity contribution >= 4 is 5.78 Å². The first-order chi connectivity index (χ1) is 9.25. The fraction of sp³-hybridized carbons (Fsp3) is 0.353. The predicted molar refractivity (Wildman–Crippen MR) is 77.4 cm³/mol. The second-order valence-corrected chi connectivity index (χ2v) is 4.82. The second kappa shape index (κ2) is 7.05. The van der Waals surface area contributed by atoms with Crippen LogP contribution in [0.15, 0.2) is 48.1 Å². The van der Waals surface area contributed by atoms with Gasteiger partial charge in [0, 0.05) is 5.56 Å². The van der Waals surface area contributed by atoms with Crippen LogP contribution >= 0.6 is 0 Å². The molecule has 1 aromatic carbocycles. The number of allylic oxidation sites excluding steroid dienone is 2. The Morgan fingerprint density at radius 2 is 1.95 bits per heavy atom. The van der Waals surface area contributed by atoms with Gasteiger partial charge in [-0.25, -0.2) is 0 Å². The van der Waals surface area contributed by atoms with Crippen molar-refractivity contribution in [2.24, 2.45) is 0 Å². The quantitative estimate of drug-likeness (QED) is 0.593. The van der Waals surface area contributed by atoms with E-state index < -0.39 is 0 Å². The normalized spacial score (nSPS) is 15.5. The molecular weight excluding hydrogens is 236 g/mol. The Hall–Kier alpha value is -1.67. The van der Waals surface area contributed by atoms with Gasteiger partial charge >= 0.3 is 0 Å². The van der Waals surface area contributed by atoms with Gasteiger partial charge in [0.1, 0.15) is 0 Å². The minimum absolute atomic E-state index is 0.119. The van der Waals surface area contributed by atoms with Crippen LogP contribution in [0.1, 0.15) is 35.7 Å². The van der Waals surface area contributed by atoms with Gasteiger partial charge in [0.25, 0.3) is 0 Å². The largest absolute Gasteiger partial charge is 0.377 e. The zero-order valence-corrected chi connectivity index (χ0v) is 11.4. The molecule has 0 N–H and O–H groups in total. The molecule has 0 saturated heterocycles. The first-order valence-electron chi connectivity index (χ1n) is 6.76. The summed E-state index contributed by atoms with van der Waals surface area (Å²) in [6.07, 6.45) is 9.58. The first-order valence-corrected chi connectivity index (χ1v) is 6.76. The van der Waals surface area contributed by atoms with Gasteiger partial charge in [-0.3, -0.25) is 4.79 Å². The lowest BCUT2D eigenvalue weighted by Crippen LogP contribution is -2.03. The van der Waals surface area contributed by atoms with Crippen molar-refractivity contribution in [2.45, 2.75) is 26.2 Å². The minimum atomic E-state index is 0.119. The minimum Gasteiger partial charge on any atom is -0.377 e. The highest BCUT2D eigenvalue weighted by molar-refractivity contribution is 5.93. The van der Waals surface area contributed by atoms with Crippen LogP contribution in [-0.2, 0) is 11.2 Å². The van der Waals surface area contributed by atoms with Gasteiger partial charge in [-0.15, -0.1) is 0 Å². The maximum atomic E-state index is 11.2. The molecule has 1 aliphatic rings. The Bertz CT molecular complexity index is 480. The Kier molecular flexibility index (Phi) is 5.10. The lowest BCUT2D eigenvalue weighted by Gasteiger charge is -2.11. The second-order valence-electron chi connectivity index (χ2n) is 4.82. The summed E-state index contributed by atoms with van der Waals surface area (Å²) in [6, 6.07) is 7.84. The standard InChI is InChI=1S/C17H20O2/c1-14(18)17-8-6-15(7-9-17)4-2-3-5-16-10-12-19-13-11-16/h2-3,6-10H,4-5,11-13H2,1H3/b3-2+. The summed E-state index contributed by atoms with van der Waals surface area (Å²) < 4.78 is 5.28. The molecule has 0 aliphatic carbocycles. The van der Waals surface area contributed by atoms with Crippen molar-refractivity contribution in [3.8, 4) is 0 Å². The molecule has 0 saturated carbocycles. The van der Waals surface area contributed by atoms with E-state index in [2.05, 4.69) is 18.2 Å². The summed E-state index contributed by atoms with van der Waals surface area (Å²) in [6.45, 7) is 3.21. The van der Waals surface area contributed by atoms with Crippen LogP contribution in [0.25, 0.3) is 0 Å². The van der Waals surface area contributed by atoms with Crippen molar-refractivity contribution < 1.29 is 9.53 Å². The molecule has 0 aromatic heterocycles. The fourth-order valence-corrected chi connectivity index (χ4v) is 2.08. The fourth-order valence-electron chi connectivity index (χ4n) is 2.08. The van der Waals surface area contributed by atoms with Crippen LogP contribution in [-0.4, -0.2) is 19.0 Å². The third kappa shape index (κ3) is 4.49. The topological polar surface area (TPSA) is 26.3 Å². The molecule has 0 bridgehead atoms. The molecule has 0 atom stereocenters. The van der Waals surface area contributed by atoms with E-state index in [4.69, 9.17) is 4.74 Å². The van der Waals surface area contributed by atoms with Gasteiger partial charge < -0.3 is 4.74 Å². The number of hydrogen-bond acceptors (Lipinski definition) is 2. The molecule has 2 rings (SSSR count). The summed E-state index contributed by atoms with van der Waals surface area (Å²) in [4.78, 5) is 11.2. The van der Waals surface area contributed by atoms with Crippen LogP contribution in [0.5, 0.6) is 0 Å². The third-order valence-electron chi connectivity index (χ3n) is 3.32. The van der Waals surface area contributed by atoms with Crippen molar-refractivity contribution in [2.75, 3.05) is 13.2 Å². The number of hydrogen-bond donors (Lipinski definition) is 0. The Morgan fingerprint density at radius 3 is 2.58 bits per heavy atom. The van der Waals surface area contributed by atoms with E-state index in [0.29, 0.717) is 0 Å². The highest BCUT2D eigenvalue weighted by Gasteiger charge is 2.01. The highest BCUT2D eigenvalue weighted by Crippen LogP contribution is 2.13. The number of rotatable bonds is 5. The number of ether oxygens (including phenoxy) is 1. The molecule has 0 fully saturated rings. The summed E-state index contributed by atoms with van der Waals surface area (Å²) in [5.41, 5.74) is 3.48. The molecule has 0 amide bonds. The molecule has 0 spiro atoms. The number of carbonyl (C=O) groups is 1. The maximum Gasteiger partial charge on any atom is 0.159 e. The lowest BCUT2D eigenvalue weighted by atomic mass is 10.0. The monoisotopic (exact) mass is 256 g/mol. The molecule has 19 heavy (non-hydrogen) atoms. The van der Waals surface area contributed by atoms with Gasteiger partial charge in [0.15, 0.2) is 5.78 Å². The Balaban J connectivity index is 1.81. The van der Waals surface area contributed by atoms with E-state index >= 15 is 0 Å². The Morgan fingerprint density at radius 1 is 1.21 bits per heavy atom. The summed E-state index contributed by atoms with van der Waals surface area (Å²) in [7, 11) is 0. The van der Waals surface area contributed by atoms with E-state index in [-0.39, 0.29) is 5.78 Å². The van der Waals surface area contributed by atoms with Crippen LogP contribution in [0.4, 0.5) is 0 Å². The van der Waals surface area contributed by atoms with E-state index in [0.717, 1.165) is 38.0 Å². The molecule has 2 heteroatoms. The predicted octanol–water partition coefficient (Wildman–Crippen LogP) is 3.72. The number of benzene rings is 1. The maximum absolute atomic E-state index is 11.2. The van der Waals surface area contributed by atoms with Gasteiger partial charge in [-0.2, -0.15) is 0 Å². The van der Waals surface area contributed by atoms with Gasteiger partial charge in [0.2, 0.25) is 0 Å². The molecule has 1 aliphatic heterocycles. The smallest absolute Gasteiger partial charge is 0.159 e. The van der Waals surface area contributed by atoms with Gasteiger partial charge in [-0.05, 0) is 31.7 Å². The molecule has 1 aromatic rings. The van der Waals surface area contributed by atoms with E-state index in [9.17, 15) is 4.79 Å². The molecule has 0 unspecified atom stereocenters. The molecule has 100 valence electrons. The van der Waals surface area contributed by atoms with E-state index in [1.54, 1.807) is 6.92 Å². The van der Waals surface area contributed by atoms with Gasteiger partial charge in [0.05, 0.1) is 13.2 Å². The molecule has 1 heterocycles. The van der Waals surface area contributed by atoms with Crippen LogP contribution in [0, 0.1) is 0 Å². The lowest BCUT2D eigenvalue weighted by molar-refractivity contribution is 0.101. The summed E-state index contributed by atoms with van der Waals surface area (Å²) in [5, 5.41) is 0.